The summed E-state index contributed by atoms with van der Waals surface area (Å²) in [6.07, 6.45) is -10.9. The van der Waals surface area contributed by atoms with Gasteiger partial charge in [0.15, 0.2) is 0 Å². The Labute approximate surface area is 201 Å². The average Bonchev–Trinajstić information content (AvgIpc) is 3.26. The number of aryl methyl sites for hydroxylation is 4. The van der Waals surface area contributed by atoms with Crippen molar-refractivity contribution in [1.29, 1.82) is 0 Å². The Morgan fingerprint density at radius 2 is 1.38 bits per heavy atom. The van der Waals surface area contributed by atoms with Crippen molar-refractivity contribution < 1.29 is 26.3 Å². The summed E-state index contributed by atoms with van der Waals surface area (Å²) in [5.74, 6) is 0.225. The second kappa shape index (κ2) is 10.2. The summed E-state index contributed by atoms with van der Waals surface area (Å²) in [5.41, 5.74) is -0.378. The van der Waals surface area contributed by atoms with Crippen molar-refractivity contribution in [3.8, 4) is 0 Å². The number of alkyl halides is 6. The van der Waals surface area contributed by atoms with E-state index in [1.165, 1.54) is 22.7 Å². The summed E-state index contributed by atoms with van der Waals surface area (Å²) in [5, 5.41) is 1.35. The zero-order valence-electron chi connectivity index (χ0n) is 17.7. The first-order valence-electron chi connectivity index (χ1n) is 9.75. The number of fused-ring (bicyclic) bond motifs is 2. The van der Waals surface area contributed by atoms with Gasteiger partial charge in [-0.05, 0) is 26.0 Å². The van der Waals surface area contributed by atoms with Crippen molar-refractivity contribution in [3.63, 3.8) is 0 Å². The van der Waals surface area contributed by atoms with Crippen LogP contribution in [0.15, 0.2) is 16.9 Å². The maximum absolute atomic E-state index is 12.1. The van der Waals surface area contributed by atoms with Gasteiger partial charge in [-0.3, -0.25) is 4.79 Å². The molecule has 0 amide bonds. The quantitative estimate of drug-likeness (QED) is 0.224. The van der Waals surface area contributed by atoms with Gasteiger partial charge in [0.1, 0.15) is 26.5 Å². The standard InChI is InChI=1S/C10H8ClF3N2S.C10H9F3N2OS/c1-5-4-6-8(11)15-7(16-9(6)17-5)2-3-10(12,13)14;1-5-4-6-8(16)14-7(15-9(6)17-5)2-3-10(11,12)13/h4H,2-3H2,1H3;4H,2-3H2,1H3,(H,14,15,16). The molecule has 34 heavy (non-hydrogen) atoms. The van der Waals surface area contributed by atoms with Crippen LogP contribution in [0.1, 0.15) is 34.2 Å². The molecular weight excluding hydrogens is 526 g/mol. The molecule has 0 unspecified atom stereocenters. The Hall–Kier alpha value is -2.25. The Bertz CT molecular complexity index is 1360. The van der Waals surface area contributed by atoms with Gasteiger partial charge in [-0.25, -0.2) is 15.0 Å². The molecule has 0 atom stereocenters. The topological polar surface area (TPSA) is 71.5 Å². The van der Waals surface area contributed by atoms with Crippen LogP contribution in [0.4, 0.5) is 26.3 Å². The normalized spacial score (nSPS) is 12.3. The highest BCUT2D eigenvalue weighted by Gasteiger charge is 2.28. The molecule has 184 valence electrons. The molecule has 4 heterocycles. The maximum Gasteiger partial charge on any atom is 0.389 e. The number of aromatic amines is 1. The predicted octanol–water partition coefficient (Wildman–Crippen LogP) is 6.94. The Morgan fingerprint density at radius 3 is 1.97 bits per heavy atom. The largest absolute Gasteiger partial charge is 0.389 e. The molecule has 0 saturated carbocycles. The minimum absolute atomic E-state index is 0.0849. The SMILES string of the molecule is Cc1cc2c(=O)[nH]c(CCC(F)(F)F)nc2s1.Cc1cc2c(Cl)nc(CCC(F)(F)F)nc2s1. The van der Waals surface area contributed by atoms with Crippen LogP contribution in [0.5, 0.6) is 0 Å². The molecule has 0 spiro atoms. The van der Waals surface area contributed by atoms with Gasteiger partial charge in [0.25, 0.3) is 5.56 Å². The zero-order valence-corrected chi connectivity index (χ0v) is 20.1. The molecule has 0 aromatic carbocycles. The summed E-state index contributed by atoms with van der Waals surface area (Å²) in [6, 6.07) is 3.51. The molecule has 14 heteroatoms. The van der Waals surface area contributed by atoms with E-state index in [4.69, 9.17) is 11.6 Å². The van der Waals surface area contributed by atoms with Crippen molar-refractivity contribution in [2.24, 2.45) is 0 Å². The van der Waals surface area contributed by atoms with Crippen LogP contribution < -0.4 is 5.56 Å². The first-order chi connectivity index (χ1) is 15.7. The van der Waals surface area contributed by atoms with E-state index < -0.39 is 25.2 Å². The molecule has 4 aromatic rings. The third-order valence-electron chi connectivity index (χ3n) is 4.37. The molecular formula is C20H17ClF6N4OS2. The highest BCUT2D eigenvalue weighted by Crippen LogP contribution is 2.29. The van der Waals surface area contributed by atoms with Gasteiger partial charge >= 0.3 is 12.4 Å². The van der Waals surface area contributed by atoms with E-state index in [1.807, 2.05) is 19.9 Å². The average molecular weight is 543 g/mol. The van der Waals surface area contributed by atoms with Gasteiger partial charge in [0, 0.05) is 28.0 Å². The van der Waals surface area contributed by atoms with Crippen molar-refractivity contribution in [1.82, 2.24) is 19.9 Å². The number of hydrogen-bond acceptors (Lipinski definition) is 6. The first kappa shape index (κ1) is 26.4. The van der Waals surface area contributed by atoms with Crippen LogP contribution in [0.2, 0.25) is 5.15 Å². The number of nitrogens with one attached hydrogen (secondary N) is 1. The summed E-state index contributed by atoms with van der Waals surface area (Å²) in [6.45, 7) is 3.71. The number of hydrogen-bond donors (Lipinski definition) is 1. The number of nitrogens with zero attached hydrogens (tertiary/aromatic N) is 3. The molecule has 0 aliphatic carbocycles. The molecule has 0 radical (unpaired) electrons. The third kappa shape index (κ3) is 7.37. The van der Waals surface area contributed by atoms with E-state index in [2.05, 4.69) is 19.9 Å². The minimum atomic E-state index is -4.24. The minimum Gasteiger partial charge on any atom is -0.310 e. The third-order valence-corrected chi connectivity index (χ3v) is 6.54. The Kier molecular flexibility index (Phi) is 7.88. The van der Waals surface area contributed by atoms with Crippen molar-refractivity contribution in [2.75, 3.05) is 0 Å². The van der Waals surface area contributed by atoms with Crippen molar-refractivity contribution in [2.45, 2.75) is 51.9 Å². The lowest BCUT2D eigenvalue weighted by molar-refractivity contribution is -0.135. The van der Waals surface area contributed by atoms with E-state index in [0.29, 0.717) is 20.4 Å². The van der Waals surface area contributed by atoms with Crippen LogP contribution >= 0.6 is 34.3 Å². The summed E-state index contributed by atoms with van der Waals surface area (Å²) in [4.78, 5) is 29.0. The fourth-order valence-electron chi connectivity index (χ4n) is 2.89. The van der Waals surface area contributed by atoms with Gasteiger partial charge in [-0.15, -0.1) is 22.7 Å². The second-order valence-electron chi connectivity index (χ2n) is 7.33. The van der Waals surface area contributed by atoms with E-state index in [0.717, 1.165) is 9.75 Å². The van der Waals surface area contributed by atoms with E-state index in [1.54, 1.807) is 6.07 Å². The van der Waals surface area contributed by atoms with E-state index >= 15 is 0 Å². The number of thiophene rings is 2. The molecule has 0 aliphatic rings. The number of aromatic nitrogens is 4. The molecule has 0 aliphatic heterocycles. The first-order valence-corrected chi connectivity index (χ1v) is 11.8. The summed E-state index contributed by atoms with van der Waals surface area (Å²) < 4.78 is 72.3. The van der Waals surface area contributed by atoms with Crippen LogP contribution in [-0.4, -0.2) is 32.3 Å². The maximum atomic E-state index is 12.1. The van der Waals surface area contributed by atoms with Gasteiger partial charge in [0.05, 0.1) is 18.2 Å². The van der Waals surface area contributed by atoms with Gasteiger partial charge in [-0.1, -0.05) is 11.6 Å². The zero-order chi connectivity index (χ0) is 25.3. The van der Waals surface area contributed by atoms with Crippen LogP contribution in [0, 0.1) is 13.8 Å². The predicted molar refractivity (Wildman–Crippen MR) is 121 cm³/mol. The van der Waals surface area contributed by atoms with Crippen LogP contribution in [0.3, 0.4) is 0 Å². The molecule has 4 rings (SSSR count). The highest BCUT2D eigenvalue weighted by atomic mass is 35.5. The lowest BCUT2D eigenvalue weighted by atomic mass is 10.3. The highest BCUT2D eigenvalue weighted by molar-refractivity contribution is 7.18. The van der Waals surface area contributed by atoms with Crippen molar-refractivity contribution >= 4 is 54.7 Å². The van der Waals surface area contributed by atoms with Gasteiger partial charge < -0.3 is 4.98 Å². The van der Waals surface area contributed by atoms with Gasteiger partial charge in [-0.2, -0.15) is 26.3 Å². The summed E-state index contributed by atoms with van der Waals surface area (Å²) in [7, 11) is 0. The van der Waals surface area contributed by atoms with Gasteiger partial charge in [0.2, 0.25) is 0 Å². The molecule has 5 nitrogen and oxygen atoms in total. The number of rotatable bonds is 4. The molecule has 4 aromatic heterocycles. The Morgan fingerprint density at radius 1 is 0.853 bits per heavy atom. The van der Waals surface area contributed by atoms with Crippen molar-refractivity contribution in [3.05, 3.63) is 49.0 Å². The Balaban J connectivity index is 0.000000191. The molecule has 0 bridgehead atoms. The molecule has 0 fully saturated rings. The molecule has 1 N–H and O–H groups in total. The smallest absolute Gasteiger partial charge is 0.310 e. The second-order valence-corrected chi connectivity index (χ2v) is 10.2. The fourth-order valence-corrected chi connectivity index (χ4v) is 4.98. The number of H-pyrrole nitrogens is 1. The fraction of sp³-hybridized carbons (Fsp3) is 0.400. The van der Waals surface area contributed by atoms with E-state index in [-0.39, 0.29) is 35.2 Å². The lowest BCUT2D eigenvalue weighted by Gasteiger charge is -2.05. The van der Waals surface area contributed by atoms with Crippen LogP contribution in [-0.2, 0) is 12.8 Å². The summed E-state index contributed by atoms with van der Waals surface area (Å²) >= 11 is 8.60. The molecule has 0 saturated heterocycles. The number of halogens is 7. The monoisotopic (exact) mass is 542 g/mol. The van der Waals surface area contributed by atoms with E-state index in [9.17, 15) is 31.1 Å². The lowest BCUT2D eigenvalue weighted by Crippen LogP contribution is -2.14. The van der Waals surface area contributed by atoms with Crippen LogP contribution in [0.25, 0.3) is 20.4 Å².